The Morgan fingerprint density at radius 1 is 1.19 bits per heavy atom. The van der Waals surface area contributed by atoms with Gasteiger partial charge in [0.25, 0.3) is 0 Å². The van der Waals surface area contributed by atoms with Crippen LogP contribution in [0.25, 0.3) is 0 Å². The number of nitrogens with two attached hydrogens (primary N) is 1. The number of aromatic nitrogens is 2. The SMILES string of the molecule is CCCc1nc(NN)c(C)c(Nc2c(C)cccc2F)n1. The Hall–Kier alpha value is -2.21. The third kappa shape index (κ3) is 3.28. The van der Waals surface area contributed by atoms with Crippen LogP contribution in [0.1, 0.15) is 30.3 Å². The lowest BCUT2D eigenvalue weighted by molar-refractivity contribution is 0.630. The Morgan fingerprint density at radius 2 is 1.90 bits per heavy atom. The summed E-state index contributed by atoms with van der Waals surface area (Å²) in [6.07, 6.45) is 1.66. The number of hydrogen-bond donors (Lipinski definition) is 3. The van der Waals surface area contributed by atoms with E-state index in [1.165, 1.54) is 6.07 Å². The van der Waals surface area contributed by atoms with Crippen LogP contribution in [0.2, 0.25) is 0 Å². The fourth-order valence-electron chi connectivity index (χ4n) is 2.07. The zero-order valence-corrected chi connectivity index (χ0v) is 12.5. The van der Waals surface area contributed by atoms with E-state index in [9.17, 15) is 4.39 Å². The molecule has 1 aromatic heterocycles. The van der Waals surface area contributed by atoms with Gasteiger partial charge in [0, 0.05) is 12.0 Å². The van der Waals surface area contributed by atoms with Gasteiger partial charge in [0.1, 0.15) is 23.3 Å². The van der Waals surface area contributed by atoms with E-state index in [0.717, 1.165) is 24.0 Å². The van der Waals surface area contributed by atoms with Gasteiger partial charge in [-0.2, -0.15) is 0 Å². The first kappa shape index (κ1) is 15.2. The summed E-state index contributed by atoms with van der Waals surface area (Å²) >= 11 is 0. The normalized spacial score (nSPS) is 10.5. The van der Waals surface area contributed by atoms with Gasteiger partial charge in [-0.3, -0.25) is 0 Å². The van der Waals surface area contributed by atoms with Crippen LogP contribution >= 0.6 is 0 Å². The average Bonchev–Trinajstić information content (AvgIpc) is 2.46. The molecule has 1 heterocycles. The van der Waals surface area contributed by atoms with Crippen molar-refractivity contribution < 1.29 is 4.39 Å². The van der Waals surface area contributed by atoms with Crippen LogP contribution in [-0.4, -0.2) is 9.97 Å². The van der Waals surface area contributed by atoms with E-state index in [-0.39, 0.29) is 5.82 Å². The molecule has 1 aromatic carbocycles. The lowest BCUT2D eigenvalue weighted by atomic mass is 10.2. The third-order valence-electron chi connectivity index (χ3n) is 3.27. The fraction of sp³-hybridized carbons (Fsp3) is 0.333. The van der Waals surface area contributed by atoms with Gasteiger partial charge in [-0.1, -0.05) is 19.1 Å². The minimum Gasteiger partial charge on any atom is -0.337 e. The Bertz CT molecular complexity index is 622. The largest absolute Gasteiger partial charge is 0.337 e. The molecule has 0 radical (unpaired) electrons. The number of nitrogens with one attached hydrogen (secondary N) is 2. The third-order valence-corrected chi connectivity index (χ3v) is 3.27. The first-order chi connectivity index (χ1) is 10.1. The predicted octanol–water partition coefficient (Wildman–Crippen LogP) is 3.21. The highest BCUT2D eigenvalue weighted by atomic mass is 19.1. The topological polar surface area (TPSA) is 75.9 Å². The monoisotopic (exact) mass is 289 g/mol. The first-order valence-electron chi connectivity index (χ1n) is 6.93. The highest BCUT2D eigenvalue weighted by molar-refractivity contribution is 5.67. The number of rotatable bonds is 5. The van der Waals surface area contributed by atoms with Gasteiger partial charge in [0.05, 0.1) is 5.69 Å². The molecule has 2 aromatic rings. The van der Waals surface area contributed by atoms with Crippen LogP contribution in [0.15, 0.2) is 18.2 Å². The molecule has 2 rings (SSSR count). The van der Waals surface area contributed by atoms with Gasteiger partial charge in [0.2, 0.25) is 0 Å². The van der Waals surface area contributed by atoms with E-state index < -0.39 is 0 Å². The number of hydrogen-bond acceptors (Lipinski definition) is 5. The van der Waals surface area contributed by atoms with Crippen LogP contribution < -0.4 is 16.6 Å². The summed E-state index contributed by atoms with van der Waals surface area (Å²) < 4.78 is 14.0. The molecule has 0 saturated heterocycles. The second kappa shape index (κ2) is 6.49. The minimum absolute atomic E-state index is 0.313. The number of hydrazine groups is 1. The Balaban J connectivity index is 2.45. The van der Waals surface area contributed by atoms with Crippen molar-refractivity contribution in [1.82, 2.24) is 9.97 Å². The molecule has 112 valence electrons. The van der Waals surface area contributed by atoms with E-state index >= 15 is 0 Å². The van der Waals surface area contributed by atoms with Crippen molar-refractivity contribution in [3.05, 3.63) is 41.0 Å². The van der Waals surface area contributed by atoms with E-state index in [4.69, 9.17) is 5.84 Å². The summed E-state index contributed by atoms with van der Waals surface area (Å²) in [6.45, 7) is 5.73. The van der Waals surface area contributed by atoms with Crippen molar-refractivity contribution in [3.63, 3.8) is 0 Å². The Kier molecular flexibility index (Phi) is 4.70. The molecule has 0 amide bonds. The molecular formula is C15H20FN5. The summed E-state index contributed by atoms with van der Waals surface area (Å²) in [5.74, 6) is 6.97. The molecule has 0 saturated carbocycles. The van der Waals surface area contributed by atoms with Crippen molar-refractivity contribution in [2.24, 2.45) is 5.84 Å². The number of aryl methyl sites for hydroxylation is 2. The van der Waals surface area contributed by atoms with Crippen LogP contribution in [-0.2, 0) is 6.42 Å². The molecule has 4 N–H and O–H groups in total. The van der Waals surface area contributed by atoms with E-state index in [2.05, 4.69) is 20.7 Å². The Morgan fingerprint density at radius 3 is 2.52 bits per heavy atom. The van der Waals surface area contributed by atoms with Crippen LogP contribution in [0.5, 0.6) is 0 Å². The van der Waals surface area contributed by atoms with Crippen molar-refractivity contribution in [1.29, 1.82) is 0 Å². The molecule has 0 unspecified atom stereocenters. The van der Waals surface area contributed by atoms with Crippen molar-refractivity contribution in [2.45, 2.75) is 33.6 Å². The molecule has 5 nitrogen and oxygen atoms in total. The first-order valence-corrected chi connectivity index (χ1v) is 6.93. The quantitative estimate of drug-likeness (QED) is 0.582. The fourth-order valence-corrected chi connectivity index (χ4v) is 2.07. The van der Waals surface area contributed by atoms with Gasteiger partial charge < -0.3 is 10.7 Å². The van der Waals surface area contributed by atoms with E-state index in [1.54, 1.807) is 6.07 Å². The summed E-state index contributed by atoms with van der Waals surface area (Å²) in [7, 11) is 0. The minimum atomic E-state index is -0.313. The van der Waals surface area contributed by atoms with Crippen LogP contribution in [0.4, 0.5) is 21.7 Å². The lowest BCUT2D eigenvalue weighted by Gasteiger charge is -2.15. The van der Waals surface area contributed by atoms with Gasteiger partial charge in [-0.15, -0.1) is 0 Å². The Labute approximate surface area is 123 Å². The smallest absolute Gasteiger partial charge is 0.148 e. The van der Waals surface area contributed by atoms with Gasteiger partial charge in [0.15, 0.2) is 0 Å². The molecule has 0 fully saturated rings. The molecule has 0 aliphatic rings. The van der Waals surface area contributed by atoms with Gasteiger partial charge >= 0.3 is 0 Å². The summed E-state index contributed by atoms with van der Waals surface area (Å²) in [5, 5.41) is 3.06. The second-order valence-electron chi connectivity index (χ2n) is 4.91. The van der Waals surface area contributed by atoms with Gasteiger partial charge in [-0.05, 0) is 31.9 Å². The lowest BCUT2D eigenvalue weighted by Crippen LogP contribution is -2.14. The number of nitrogens with zero attached hydrogens (tertiary/aromatic N) is 2. The molecule has 0 aliphatic heterocycles. The number of para-hydroxylation sites is 1. The van der Waals surface area contributed by atoms with E-state index in [0.29, 0.717) is 23.1 Å². The van der Waals surface area contributed by atoms with Gasteiger partial charge in [-0.25, -0.2) is 20.2 Å². The summed E-state index contributed by atoms with van der Waals surface area (Å²) in [4.78, 5) is 8.81. The van der Waals surface area contributed by atoms with Crippen LogP contribution in [0.3, 0.4) is 0 Å². The molecule has 0 aliphatic carbocycles. The zero-order valence-electron chi connectivity index (χ0n) is 12.5. The van der Waals surface area contributed by atoms with Crippen molar-refractivity contribution in [3.8, 4) is 0 Å². The molecule has 21 heavy (non-hydrogen) atoms. The number of anilines is 3. The standard InChI is InChI=1S/C15H20FN5/c1-4-6-12-18-14(10(3)15(19-12)21-17)20-13-9(2)7-5-8-11(13)16/h5,7-8H,4,6,17H2,1-3H3,(H2,18,19,20,21). The predicted molar refractivity (Wildman–Crippen MR) is 83.0 cm³/mol. The molecular weight excluding hydrogens is 269 g/mol. The number of nitrogen functional groups attached to an aromatic ring is 1. The number of benzene rings is 1. The zero-order chi connectivity index (χ0) is 15.4. The highest BCUT2D eigenvalue weighted by Gasteiger charge is 2.13. The highest BCUT2D eigenvalue weighted by Crippen LogP contribution is 2.27. The second-order valence-corrected chi connectivity index (χ2v) is 4.91. The van der Waals surface area contributed by atoms with Crippen molar-refractivity contribution in [2.75, 3.05) is 10.7 Å². The maximum Gasteiger partial charge on any atom is 0.148 e. The maximum absolute atomic E-state index is 14.0. The molecule has 6 heteroatoms. The molecule has 0 spiro atoms. The van der Waals surface area contributed by atoms with E-state index in [1.807, 2.05) is 26.8 Å². The average molecular weight is 289 g/mol. The maximum atomic E-state index is 14.0. The number of halogens is 1. The summed E-state index contributed by atoms with van der Waals surface area (Å²) in [6, 6.07) is 4.94. The van der Waals surface area contributed by atoms with Crippen LogP contribution in [0, 0.1) is 19.7 Å². The molecule has 0 atom stereocenters. The van der Waals surface area contributed by atoms with Crippen molar-refractivity contribution >= 4 is 17.3 Å². The summed E-state index contributed by atoms with van der Waals surface area (Å²) in [5.41, 5.74) is 4.55. The molecule has 0 bridgehead atoms.